The lowest BCUT2D eigenvalue weighted by atomic mass is 10.0. The van der Waals surface area contributed by atoms with Gasteiger partial charge in [-0.3, -0.25) is 18.8 Å². The average molecular weight is 478 g/mol. The van der Waals surface area contributed by atoms with Crippen molar-refractivity contribution in [3.05, 3.63) is 84.0 Å². The van der Waals surface area contributed by atoms with Crippen LogP contribution in [0.2, 0.25) is 0 Å². The number of carbonyl (C=O) groups is 2. The summed E-state index contributed by atoms with van der Waals surface area (Å²) in [5.74, 6) is -0.997. The standard InChI is InChI=1S/C23H18N4O4S2/c28-21(13-25-22(29)18-5-2-6-19(12-18)33(30)31)27-23-26-20(14-32-23)17-4-1-3-16(11-17)15-7-9-24-10-8-15/h1-12,14H,13H2,(H,25,29)(H,30,31)(H,26,27,28)/p-1. The molecule has 0 saturated heterocycles. The second-order valence-electron chi connectivity index (χ2n) is 6.85. The van der Waals surface area contributed by atoms with Gasteiger partial charge in [0.1, 0.15) is 0 Å². The highest BCUT2D eigenvalue weighted by Crippen LogP contribution is 2.28. The van der Waals surface area contributed by atoms with Gasteiger partial charge in [0.2, 0.25) is 5.91 Å². The number of anilines is 1. The quantitative estimate of drug-likeness (QED) is 0.393. The monoisotopic (exact) mass is 477 g/mol. The maximum atomic E-state index is 12.2. The molecule has 0 aliphatic rings. The Balaban J connectivity index is 1.37. The predicted molar refractivity (Wildman–Crippen MR) is 125 cm³/mol. The first-order valence-electron chi connectivity index (χ1n) is 9.73. The minimum Gasteiger partial charge on any atom is -0.768 e. The number of nitrogens with one attached hydrogen (secondary N) is 2. The summed E-state index contributed by atoms with van der Waals surface area (Å²) in [6.45, 7) is -0.282. The zero-order chi connectivity index (χ0) is 23.2. The maximum absolute atomic E-state index is 12.2. The number of aromatic nitrogens is 2. The van der Waals surface area contributed by atoms with E-state index in [-0.39, 0.29) is 17.0 Å². The van der Waals surface area contributed by atoms with E-state index in [1.54, 1.807) is 12.4 Å². The maximum Gasteiger partial charge on any atom is 0.251 e. The van der Waals surface area contributed by atoms with Gasteiger partial charge in [0.05, 0.1) is 12.2 Å². The van der Waals surface area contributed by atoms with E-state index in [9.17, 15) is 18.4 Å². The van der Waals surface area contributed by atoms with E-state index in [2.05, 4.69) is 20.6 Å². The number of rotatable bonds is 7. The fourth-order valence-corrected chi connectivity index (χ4v) is 4.18. The van der Waals surface area contributed by atoms with Crippen LogP contribution < -0.4 is 10.6 Å². The molecule has 0 fully saturated rings. The van der Waals surface area contributed by atoms with E-state index < -0.39 is 22.9 Å². The molecule has 10 heteroatoms. The van der Waals surface area contributed by atoms with Crippen LogP contribution in [0.15, 0.2) is 83.3 Å². The molecular weight excluding hydrogens is 460 g/mol. The van der Waals surface area contributed by atoms with Gasteiger partial charge >= 0.3 is 0 Å². The normalized spacial score (nSPS) is 11.5. The van der Waals surface area contributed by atoms with Gasteiger partial charge in [0.15, 0.2) is 5.13 Å². The van der Waals surface area contributed by atoms with Crippen molar-refractivity contribution in [1.29, 1.82) is 0 Å². The minimum atomic E-state index is -2.44. The van der Waals surface area contributed by atoms with E-state index in [1.807, 2.05) is 41.8 Å². The van der Waals surface area contributed by atoms with Gasteiger partial charge < -0.3 is 15.2 Å². The third kappa shape index (κ3) is 5.75. The van der Waals surface area contributed by atoms with Crippen LogP contribution in [-0.4, -0.2) is 37.1 Å². The third-order valence-corrected chi connectivity index (χ3v) is 6.02. The first-order valence-corrected chi connectivity index (χ1v) is 11.7. The van der Waals surface area contributed by atoms with Crippen LogP contribution in [0.25, 0.3) is 22.4 Å². The summed E-state index contributed by atoms with van der Waals surface area (Å²) < 4.78 is 22.1. The molecule has 1 atom stereocenters. The molecule has 8 nitrogen and oxygen atoms in total. The molecule has 0 saturated carbocycles. The zero-order valence-electron chi connectivity index (χ0n) is 17.1. The molecule has 0 spiro atoms. The van der Waals surface area contributed by atoms with E-state index in [0.717, 1.165) is 22.4 Å². The van der Waals surface area contributed by atoms with Crippen molar-refractivity contribution in [2.45, 2.75) is 4.90 Å². The number of hydrogen-bond donors (Lipinski definition) is 2. The highest BCUT2D eigenvalue weighted by Gasteiger charge is 2.12. The van der Waals surface area contributed by atoms with Crippen LogP contribution >= 0.6 is 11.3 Å². The highest BCUT2D eigenvalue weighted by atomic mass is 32.2. The van der Waals surface area contributed by atoms with Crippen molar-refractivity contribution >= 4 is 39.4 Å². The lowest BCUT2D eigenvalue weighted by molar-refractivity contribution is -0.115. The molecule has 0 radical (unpaired) electrons. The Labute approximate surface area is 196 Å². The number of carbonyl (C=O) groups excluding carboxylic acids is 2. The van der Waals surface area contributed by atoms with Gasteiger partial charge in [0.25, 0.3) is 5.91 Å². The van der Waals surface area contributed by atoms with E-state index in [0.29, 0.717) is 5.13 Å². The molecule has 4 rings (SSSR count). The summed E-state index contributed by atoms with van der Waals surface area (Å²) in [4.78, 5) is 32.9. The summed E-state index contributed by atoms with van der Waals surface area (Å²) in [6, 6.07) is 17.3. The topological polar surface area (TPSA) is 124 Å². The molecule has 0 aliphatic carbocycles. The molecule has 166 valence electrons. The first-order chi connectivity index (χ1) is 16.0. The van der Waals surface area contributed by atoms with Crippen LogP contribution in [0.3, 0.4) is 0 Å². The Hall–Kier alpha value is -3.73. The first kappa shape index (κ1) is 22.5. The lowest BCUT2D eigenvalue weighted by Gasteiger charge is -2.08. The van der Waals surface area contributed by atoms with Gasteiger partial charge in [-0.2, -0.15) is 0 Å². The third-order valence-electron chi connectivity index (χ3n) is 4.62. The number of amides is 2. The van der Waals surface area contributed by atoms with Crippen LogP contribution in [-0.2, 0) is 15.9 Å². The molecule has 0 bridgehead atoms. The molecule has 2 amide bonds. The average Bonchev–Trinajstić information content (AvgIpc) is 3.31. The fourth-order valence-electron chi connectivity index (χ4n) is 3.03. The molecule has 4 aromatic rings. The predicted octanol–water partition coefficient (Wildman–Crippen LogP) is 3.48. The summed E-state index contributed by atoms with van der Waals surface area (Å²) in [5.41, 5.74) is 3.84. The number of pyridine rings is 1. The number of hydrogen-bond acceptors (Lipinski definition) is 7. The Kier molecular flexibility index (Phi) is 6.98. The fraction of sp³-hybridized carbons (Fsp3) is 0.0435. The SMILES string of the molecule is O=C(CNC(=O)c1cccc(S(=O)[O-])c1)Nc1nc(-c2cccc(-c3ccncc3)c2)cs1. The van der Waals surface area contributed by atoms with Crippen molar-refractivity contribution in [2.24, 2.45) is 0 Å². The Bertz CT molecular complexity index is 1320. The second kappa shape index (κ2) is 10.3. The van der Waals surface area contributed by atoms with Crippen LogP contribution in [0.1, 0.15) is 10.4 Å². The van der Waals surface area contributed by atoms with Gasteiger partial charge in [-0.25, -0.2) is 4.98 Å². The van der Waals surface area contributed by atoms with Crippen LogP contribution in [0, 0.1) is 0 Å². The van der Waals surface area contributed by atoms with Crippen molar-refractivity contribution in [3.8, 4) is 22.4 Å². The van der Waals surface area contributed by atoms with Crippen molar-refractivity contribution in [1.82, 2.24) is 15.3 Å². The molecule has 1 unspecified atom stereocenters. The minimum absolute atomic E-state index is 0.00424. The van der Waals surface area contributed by atoms with Gasteiger partial charge in [0, 0.05) is 33.8 Å². The van der Waals surface area contributed by atoms with Crippen LogP contribution in [0.4, 0.5) is 5.13 Å². The van der Waals surface area contributed by atoms with Crippen molar-refractivity contribution in [3.63, 3.8) is 0 Å². The smallest absolute Gasteiger partial charge is 0.251 e. The molecular formula is C23H17N4O4S2-. The molecule has 33 heavy (non-hydrogen) atoms. The molecule has 2 N–H and O–H groups in total. The summed E-state index contributed by atoms with van der Waals surface area (Å²) >= 11 is -1.16. The van der Waals surface area contributed by atoms with E-state index >= 15 is 0 Å². The number of nitrogens with zero attached hydrogens (tertiary/aromatic N) is 2. The van der Waals surface area contributed by atoms with E-state index in [1.165, 1.54) is 35.6 Å². The van der Waals surface area contributed by atoms with Gasteiger partial charge in [-0.1, -0.05) is 24.3 Å². The zero-order valence-corrected chi connectivity index (χ0v) is 18.7. The van der Waals surface area contributed by atoms with Gasteiger partial charge in [-0.15, -0.1) is 11.3 Å². The highest BCUT2D eigenvalue weighted by molar-refractivity contribution is 7.79. The Morgan fingerprint density at radius 3 is 2.52 bits per heavy atom. The Morgan fingerprint density at radius 2 is 1.73 bits per heavy atom. The summed E-state index contributed by atoms with van der Waals surface area (Å²) in [6.07, 6.45) is 3.47. The largest absolute Gasteiger partial charge is 0.768 e. The molecule has 2 aromatic heterocycles. The van der Waals surface area contributed by atoms with Crippen LogP contribution in [0.5, 0.6) is 0 Å². The van der Waals surface area contributed by atoms with Crippen molar-refractivity contribution in [2.75, 3.05) is 11.9 Å². The molecule has 0 aliphatic heterocycles. The molecule has 2 aromatic carbocycles. The second-order valence-corrected chi connectivity index (χ2v) is 8.65. The van der Waals surface area contributed by atoms with Crippen molar-refractivity contribution < 1.29 is 18.4 Å². The number of benzene rings is 2. The Morgan fingerprint density at radius 1 is 0.970 bits per heavy atom. The lowest BCUT2D eigenvalue weighted by Crippen LogP contribution is -2.32. The number of thiazole rings is 1. The van der Waals surface area contributed by atoms with Gasteiger partial charge in [-0.05, 0) is 58.6 Å². The summed E-state index contributed by atoms with van der Waals surface area (Å²) in [5, 5.41) is 7.38. The van der Waals surface area contributed by atoms with E-state index in [4.69, 9.17) is 0 Å². The molecule has 2 heterocycles. The summed E-state index contributed by atoms with van der Waals surface area (Å²) in [7, 11) is 0.